The highest BCUT2D eigenvalue weighted by Crippen LogP contribution is 2.22. The van der Waals surface area contributed by atoms with Crippen molar-refractivity contribution in [2.75, 3.05) is 5.75 Å². The standard InChI is InChI=1S/C10H13NO3S2/c1-3-16(12,13)14-11-9(2)15-10-7-5-4-6-8-10/h4-8,11H,2-3H2,1H3. The molecular formula is C10H13NO3S2. The number of rotatable bonds is 6. The van der Waals surface area contributed by atoms with Crippen LogP contribution in [0, 0.1) is 0 Å². The normalized spacial score (nSPS) is 11.1. The summed E-state index contributed by atoms with van der Waals surface area (Å²) in [5.41, 5.74) is 2.30. The molecule has 1 rings (SSSR count). The SMILES string of the molecule is C=C(NOS(=O)(=O)CC)Sc1ccccc1. The van der Waals surface area contributed by atoms with E-state index in [0.29, 0.717) is 5.03 Å². The molecule has 0 aliphatic rings. The predicted molar refractivity (Wildman–Crippen MR) is 65.1 cm³/mol. The largest absolute Gasteiger partial charge is 0.287 e. The van der Waals surface area contributed by atoms with Gasteiger partial charge in [0.1, 0.15) is 0 Å². The lowest BCUT2D eigenvalue weighted by Crippen LogP contribution is -2.19. The van der Waals surface area contributed by atoms with Gasteiger partial charge in [-0.3, -0.25) is 0 Å². The third kappa shape index (κ3) is 4.69. The molecule has 6 heteroatoms. The molecule has 0 heterocycles. The molecule has 0 saturated carbocycles. The summed E-state index contributed by atoms with van der Waals surface area (Å²) in [5.74, 6) is -0.0801. The topological polar surface area (TPSA) is 55.4 Å². The molecule has 0 aliphatic carbocycles. The van der Waals surface area contributed by atoms with Gasteiger partial charge in [0.2, 0.25) is 0 Å². The molecule has 0 fully saturated rings. The third-order valence-electron chi connectivity index (χ3n) is 1.62. The van der Waals surface area contributed by atoms with E-state index in [1.165, 1.54) is 18.7 Å². The van der Waals surface area contributed by atoms with Gasteiger partial charge in [-0.05, 0) is 19.1 Å². The summed E-state index contributed by atoms with van der Waals surface area (Å²) < 4.78 is 26.6. The molecule has 1 aromatic rings. The first-order valence-corrected chi connectivity index (χ1v) is 7.02. The molecule has 0 aromatic heterocycles. The Hall–Kier alpha value is -0.980. The molecule has 0 aliphatic heterocycles. The predicted octanol–water partition coefficient (Wildman–Crippen LogP) is 2.12. The second-order valence-electron chi connectivity index (χ2n) is 2.87. The zero-order valence-corrected chi connectivity index (χ0v) is 10.5. The van der Waals surface area contributed by atoms with Crippen LogP contribution in [-0.2, 0) is 14.4 Å². The van der Waals surface area contributed by atoms with Gasteiger partial charge in [0.05, 0.1) is 10.8 Å². The summed E-state index contributed by atoms with van der Waals surface area (Å²) in [6, 6.07) is 9.47. The van der Waals surface area contributed by atoms with Crippen LogP contribution in [0.4, 0.5) is 0 Å². The van der Waals surface area contributed by atoms with Gasteiger partial charge in [0.25, 0.3) is 10.1 Å². The van der Waals surface area contributed by atoms with Crippen molar-refractivity contribution in [3.05, 3.63) is 41.9 Å². The van der Waals surface area contributed by atoms with Crippen LogP contribution < -0.4 is 5.48 Å². The van der Waals surface area contributed by atoms with E-state index < -0.39 is 10.1 Å². The summed E-state index contributed by atoms with van der Waals surface area (Å²) in [6.07, 6.45) is 0. The molecule has 0 spiro atoms. The van der Waals surface area contributed by atoms with Gasteiger partial charge in [0.15, 0.2) is 0 Å². The second kappa shape index (κ2) is 5.93. The number of hydrogen-bond acceptors (Lipinski definition) is 5. The number of thioether (sulfide) groups is 1. The van der Waals surface area contributed by atoms with E-state index in [2.05, 4.69) is 16.3 Å². The summed E-state index contributed by atoms with van der Waals surface area (Å²) in [6.45, 7) is 5.15. The summed E-state index contributed by atoms with van der Waals surface area (Å²) in [5, 5.41) is 0.420. The fourth-order valence-electron chi connectivity index (χ4n) is 0.821. The molecule has 1 aromatic carbocycles. The Bertz CT molecular complexity index is 442. The minimum absolute atomic E-state index is 0.0801. The van der Waals surface area contributed by atoms with Crippen molar-refractivity contribution in [3.8, 4) is 0 Å². The van der Waals surface area contributed by atoms with Crippen LogP contribution in [0.3, 0.4) is 0 Å². The van der Waals surface area contributed by atoms with Crippen LogP contribution in [0.2, 0.25) is 0 Å². The summed E-state index contributed by atoms with van der Waals surface area (Å²) in [7, 11) is -3.49. The van der Waals surface area contributed by atoms with Gasteiger partial charge >= 0.3 is 0 Å². The molecule has 0 amide bonds. The van der Waals surface area contributed by atoms with E-state index in [9.17, 15) is 8.42 Å². The quantitative estimate of drug-likeness (QED) is 0.626. The maximum Gasteiger partial charge on any atom is 0.287 e. The monoisotopic (exact) mass is 259 g/mol. The Morgan fingerprint density at radius 1 is 1.44 bits per heavy atom. The molecular weight excluding hydrogens is 246 g/mol. The summed E-state index contributed by atoms with van der Waals surface area (Å²) in [4.78, 5) is 0.956. The van der Waals surface area contributed by atoms with Crippen molar-refractivity contribution in [3.63, 3.8) is 0 Å². The highest BCUT2D eigenvalue weighted by atomic mass is 32.2. The van der Waals surface area contributed by atoms with Gasteiger partial charge in [0, 0.05) is 4.90 Å². The highest BCUT2D eigenvalue weighted by Gasteiger charge is 2.08. The maximum absolute atomic E-state index is 11.0. The van der Waals surface area contributed by atoms with Crippen molar-refractivity contribution in [2.24, 2.45) is 0 Å². The van der Waals surface area contributed by atoms with Crippen LogP contribution in [0.25, 0.3) is 0 Å². The van der Waals surface area contributed by atoms with E-state index in [1.807, 2.05) is 30.3 Å². The van der Waals surface area contributed by atoms with E-state index in [4.69, 9.17) is 0 Å². The Kier molecular flexibility index (Phi) is 4.85. The average molecular weight is 259 g/mol. The van der Waals surface area contributed by atoms with Gasteiger partial charge in [-0.15, -0.1) is 0 Å². The minimum atomic E-state index is -3.49. The minimum Gasteiger partial charge on any atom is -0.243 e. The number of nitrogens with one attached hydrogen (secondary N) is 1. The third-order valence-corrected chi connectivity index (χ3v) is 3.50. The lowest BCUT2D eigenvalue weighted by molar-refractivity contribution is 0.247. The lowest BCUT2D eigenvalue weighted by Gasteiger charge is -2.07. The van der Waals surface area contributed by atoms with Crippen LogP contribution in [0.1, 0.15) is 6.92 Å². The van der Waals surface area contributed by atoms with Crippen molar-refractivity contribution in [1.82, 2.24) is 5.48 Å². The first-order valence-electron chi connectivity index (χ1n) is 4.62. The Balaban J connectivity index is 2.44. The first kappa shape index (κ1) is 13.1. The lowest BCUT2D eigenvalue weighted by atomic mass is 10.4. The van der Waals surface area contributed by atoms with E-state index >= 15 is 0 Å². The average Bonchev–Trinajstić information content (AvgIpc) is 2.28. The molecule has 0 atom stereocenters. The van der Waals surface area contributed by atoms with Gasteiger partial charge in [-0.1, -0.05) is 36.5 Å². The van der Waals surface area contributed by atoms with Crippen LogP contribution >= 0.6 is 11.8 Å². The van der Waals surface area contributed by atoms with Gasteiger partial charge < -0.3 is 0 Å². The Morgan fingerprint density at radius 2 is 2.06 bits per heavy atom. The molecule has 88 valence electrons. The molecule has 4 nitrogen and oxygen atoms in total. The van der Waals surface area contributed by atoms with E-state index in [1.54, 1.807) is 0 Å². The molecule has 0 radical (unpaired) electrons. The second-order valence-corrected chi connectivity index (χ2v) is 5.90. The first-order chi connectivity index (χ1) is 7.53. The van der Waals surface area contributed by atoms with Crippen molar-refractivity contribution in [2.45, 2.75) is 11.8 Å². The van der Waals surface area contributed by atoms with E-state index in [0.717, 1.165) is 4.90 Å². The van der Waals surface area contributed by atoms with Crippen molar-refractivity contribution >= 4 is 21.9 Å². The molecule has 16 heavy (non-hydrogen) atoms. The number of hydroxylamine groups is 1. The Labute approximate surface area is 99.8 Å². The van der Waals surface area contributed by atoms with E-state index in [-0.39, 0.29) is 5.75 Å². The van der Waals surface area contributed by atoms with Crippen molar-refractivity contribution in [1.29, 1.82) is 0 Å². The number of benzene rings is 1. The van der Waals surface area contributed by atoms with Crippen LogP contribution in [-0.4, -0.2) is 14.2 Å². The Morgan fingerprint density at radius 3 is 2.62 bits per heavy atom. The molecule has 1 N–H and O–H groups in total. The zero-order valence-electron chi connectivity index (χ0n) is 8.84. The highest BCUT2D eigenvalue weighted by molar-refractivity contribution is 8.03. The van der Waals surface area contributed by atoms with Crippen LogP contribution in [0.5, 0.6) is 0 Å². The maximum atomic E-state index is 11.0. The van der Waals surface area contributed by atoms with Crippen molar-refractivity contribution < 1.29 is 12.7 Å². The fraction of sp³-hybridized carbons (Fsp3) is 0.200. The van der Waals surface area contributed by atoms with Gasteiger partial charge in [-0.25, -0.2) is 5.48 Å². The molecule has 0 saturated heterocycles. The smallest absolute Gasteiger partial charge is 0.243 e. The fourth-order valence-corrected chi connectivity index (χ4v) is 1.88. The summed E-state index contributed by atoms with van der Waals surface area (Å²) >= 11 is 1.30. The molecule has 0 bridgehead atoms. The number of hydrogen-bond donors (Lipinski definition) is 1. The molecule has 0 unspecified atom stereocenters. The van der Waals surface area contributed by atoms with Gasteiger partial charge in [-0.2, -0.15) is 12.7 Å². The van der Waals surface area contributed by atoms with Crippen LogP contribution in [0.15, 0.2) is 46.8 Å². The zero-order chi connectivity index (χ0) is 12.0.